The van der Waals surface area contributed by atoms with Crippen LogP contribution >= 0.6 is 0 Å². The molecule has 0 unspecified atom stereocenters. The number of piperidine rings is 1. The molecule has 128 valence electrons. The molecule has 7 heteroatoms. The number of amides is 1. The van der Waals surface area contributed by atoms with E-state index in [1.807, 2.05) is 0 Å². The fraction of sp³-hybridized carbons (Fsp3) is 0.562. The first-order valence-corrected chi connectivity index (χ1v) is 9.68. The molecule has 3 N–H and O–H groups in total. The van der Waals surface area contributed by atoms with E-state index in [2.05, 4.69) is 17.1 Å². The molecule has 0 bridgehead atoms. The molecule has 1 aromatic rings. The minimum Gasteiger partial charge on any atom is -0.326 e. The summed E-state index contributed by atoms with van der Waals surface area (Å²) in [5.74, 6) is -0.226. The smallest absolute Gasteiger partial charge is 0.225 e. The lowest BCUT2D eigenvalue weighted by Gasteiger charge is -2.33. The van der Waals surface area contributed by atoms with Gasteiger partial charge in [0.05, 0.1) is 5.75 Å². The number of carbonyl (C=O) groups is 1. The number of hydrogen-bond acceptors (Lipinski definition) is 4. The number of nitrogens with zero attached hydrogens (tertiary/aromatic N) is 1. The minimum absolute atomic E-state index is 0.0260. The van der Waals surface area contributed by atoms with Gasteiger partial charge in [-0.05, 0) is 44.0 Å². The number of hydrogen-bond donors (Lipinski definition) is 2. The van der Waals surface area contributed by atoms with Crippen molar-refractivity contribution < 1.29 is 13.2 Å². The number of anilines is 1. The Kier molecular flexibility index (Phi) is 6.15. The van der Waals surface area contributed by atoms with Gasteiger partial charge in [-0.3, -0.25) is 4.79 Å². The third-order valence-corrected chi connectivity index (χ3v) is 4.91. The fourth-order valence-electron chi connectivity index (χ4n) is 2.88. The SMILES string of the molecule is C[C@@H]1CCCCN1CCC(=O)Nc1ccc(CS(N)(=O)=O)cc1. The summed E-state index contributed by atoms with van der Waals surface area (Å²) in [4.78, 5) is 14.4. The van der Waals surface area contributed by atoms with Gasteiger partial charge < -0.3 is 10.2 Å². The van der Waals surface area contributed by atoms with Crippen molar-refractivity contribution in [1.82, 2.24) is 4.90 Å². The van der Waals surface area contributed by atoms with Crippen LogP contribution in [0.4, 0.5) is 5.69 Å². The van der Waals surface area contributed by atoms with E-state index in [1.165, 1.54) is 19.3 Å². The predicted octanol–water partition coefficient (Wildman–Crippen LogP) is 1.68. The quantitative estimate of drug-likeness (QED) is 0.825. The van der Waals surface area contributed by atoms with Gasteiger partial charge in [-0.15, -0.1) is 0 Å². The maximum Gasteiger partial charge on any atom is 0.225 e. The second-order valence-corrected chi connectivity index (χ2v) is 7.80. The third-order valence-electron chi connectivity index (χ3n) is 4.17. The highest BCUT2D eigenvalue weighted by Gasteiger charge is 2.18. The normalized spacial score (nSPS) is 19.5. The third kappa shape index (κ3) is 6.29. The van der Waals surface area contributed by atoms with E-state index in [4.69, 9.17) is 5.14 Å². The molecule has 2 rings (SSSR count). The topological polar surface area (TPSA) is 92.5 Å². The Labute approximate surface area is 138 Å². The van der Waals surface area contributed by atoms with Crippen molar-refractivity contribution in [2.24, 2.45) is 5.14 Å². The molecule has 23 heavy (non-hydrogen) atoms. The van der Waals surface area contributed by atoms with E-state index < -0.39 is 10.0 Å². The number of rotatable bonds is 6. The van der Waals surface area contributed by atoms with E-state index in [-0.39, 0.29) is 11.7 Å². The maximum absolute atomic E-state index is 12.0. The molecule has 0 saturated carbocycles. The van der Waals surface area contributed by atoms with Crippen molar-refractivity contribution in [1.29, 1.82) is 0 Å². The zero-order chi connectivity index (χ0) is 16.9. The van der Waals surface area contributed by atoms with Gasteiger partial charge in [-0.25, -0.2) is 13.6 Å². The maximum atomic E-state index is 12.0. The number of carbonyl (C=O) groups excluding carboxylic acids is 1. The highest BCUT2D eigenvalue weighted by atomic mass is 32.2. The van der Waals surface area contributed by atoms with Crippen LogP contribution in [0.3, 0.4) is 0 Å². The predicted molar refractivity (Wildman–Crippen MR) is 91.4 cm³/mol. The molecule has 0 aliphatic carbocycles. The van der Waals surface area contributed by atoms with Crippen LogP contribution in [0.25, 0.3) is 0 Å². The molecular weight excluding hydrogens is 314 g/mol. The van der Waals surface area contributed by atoms with Gasteiger partial charge in [0.1, 0.15) is 0 Å². The molecule has 1 amide bonds. The molecule has 6 nitrogen and oxygen atoms in total. The first-order chi connectivity index (χ1) is 10.8. The highest BCUT2D eigenvalue weighted by Crippen LogP contribution is 2.17. The van der Waals surface area contributed by atoms with E-state index in [0.29, 0.717) is 23.7 Å². The number of nitrogens with one attached hydrogen (secondary N) is 1. The zero-order valence-corrected chi connectivity index (χ0v) is 14.3. The van der Waals surface area contributed by atoms with Crippen LogP contribution in [0.1, 0.15) is 38.2 Å². The van der Waals surface area contributed by atoms with Crippen LogP contribution in [0.15, 0.2) is 24.3 Å². The number of benzene rings is 1. The molecule has 1 aliphatic heterocycles. The van der Waals surface area contributed by atoms with Crippen molar-refractivity contribution in [2.75, 3.05) is 18.4 Å². The summed E-state index contributed by atoms with van der Waals surface area (Å²) in [5.41, 5.74) is 1.27. The lowest BCUT2D eigenvalue weighted by atomic mass is 10.0. The molecule has 1 heterocycles. The first-order valence-electron chi connectivity index (χ1n) is 7.97. The summed E-state index contributed by atoms with van der Waals surface area (Å²) in [7, 11) is -3.53. The molecule has 0 spiro atoms. The largest absolute Gasteiger partial charge is 0.326 e. The Morgan fingerprint density at radius 3 is 2.61 bits per heavy atom. The molecule has 0 radical (unpaired) electrons. The molecule has 1 atom stereocenters. The summed E-state index contributed by atoms with van der Waals surface area (Å²) in [5, 5.41) is 7.85. The van der Waals surface area contributed by atoms with Gasteiger partial charge in [0.15, 0.2) is 0 Å². The Morgan fingerprint density at radius 2 is 2.00 bits per heavy atom. The Balaban J connectivity index is 1.80. The lowest BCUT2D eigenvalue weighted by molar-refractivity contribution is -0.116. The van der Waals surface area contributed by atoms with Crippen molar-refractivity contribution >= 4 is 21.6 Å². The number of primary sulfonamides is 1. The monoisotopic (exact) mass is 339 g/mol. The van der Waals surface area contributed by atoms with E-state index in [1.54, 1.807) is 24.3 Å². The van der Waals surface area contributed by atoms with Crippen LogP contribution in [0.2, 0.25) is 0 Å². The van der Waals surface area contributed by atoms with Crippen LogP contribution in [0, 0.1) is 0 Å². The lowest BCUT2D eigenvalue weighted by Crippen LogP contribution is -2.39. The standard InChI is InChI=1S/C16H25N3O3S/c1-13-4-2-3-10-19(13)11-9-16(20)18-15-7-5-14(6-8-15)12-23(17,21)22/h5-8,13H,2-4,9-12H2,1H3,(H,18,20)(H2,17,21,22)/t13-/m1/s1. The van der Waals surface area contributed by atoms with Crippen molar-refractivity contribution in [2.45, 2.75) is 44.4 Å². The second kappa shape index (κ2) is 7.90. The van der Waals surface area contributed by atoms with Gasteiger partial charge in [0.2, 0.25) is 15.9 Å². The average molecular weight is 339 g/mol. The molecule has 1 saturated heterocycles. The van der Waals surface area contributed by atoms with Crippen molar-refractivity contribution in [3.8, 4) is 0 Å². The first kappa shape index (κ1) is 17.9. The molecule has 1 fully saturated rings. The van der Waals surface area contributed by atoms with E-state index in [0.717, 1.165) is 13.1 Å². The van der Waals surface area contributed by atoms with E-state index >= 15 is 0 Å². The fourth-order valence-corrected chi connectivity index (χ4v) is 3.53. The highest BCUT2D eigenvalue weighted by molar-refractivity contribution is 7.88. The van der Waals surface area contributed by atoms with E-state index in [9.17, 15) is 13.2 Å². The van der Waals surface area contributed by atoms with Crippen LogP contribution in [-0.4, -0.2) is 38.4 Å². The summed E-state index contributed by atoms with van der Waals surface area (Å²) in [6.45, 7) is 4.05. The second-order valence-electron chi connectivity index (χ2n) is 6.18. The molecular formula is C16H25N3O3S. The Bertz CT molecular complexity index is 628. The van der Waals surface area contributed by atoms with Gasteiger partial charge in [0, 0.05) is 24.7 Å². The molecule has 1 aliphatic rings. The summed E-state index contributed by atoms with van der Waals surface area (Å²) >= 11 is 0. The van der Waals surface area contributed by atoms with Crippen LogP contribution in [0.5, 0.6) is 0 Å². The summed E-state index contributed by atoms with van der Waals surface area (Å²) in [6.07, 6.45) is 4.14. The minimum atomic E-state index is -3.53. The zero-order valence-electron chi connectivity index (χ0n) is 13.5. The van der Waals surface area contributed by atoms with Gasteiger partial charge >= 0.3 is 0 Å². The average Bonchev–Trinajstić information content (AvgIpc) is 2.47. The number of likely N-dealkylation sites (tertiary alicyclic amines) is 1. The molecule has 1 aromatic carbocycles. The Morgan fingerprint density at radius 1 is 1.30 bits per heavy atom. The van der Waals surface area contributed by atoms with Crippen molar-refractivity contribution in [3.05, 3.63) is 29.8 Å². The van der Waals surface area contributed by atoms with Gasteiger partial charge in [0.25, 0.3) is 0 Å². The van der Waals surface area contributed by atoms with Gasteiger partial charge in [-0.1, -0.05) is 18.6 Å². The Hall–Kier alpha value is -1.44. The molecule has 0 aromatic heterocycles. The number of nitrogens with two attached hydrogens (primary N) is 1. The van der Waals surface area contributed by atoms with Crippen LogP contribution < -0.4 is 10.5 Å². The summed E-state index contributed by atoms with van der Waals surface area (Å²) in [6, 6.07) is 7.26. The summed E-state index contributed by atoms with van der Waals surface area (Å²) < 4.78 is 22.1. The number of sulfonamides is 1. The van der Waals surface area contributed by atoms with Crippen molar-refractivity contribution in [3.63, 3.8) is 0 Å². The van der Waals surface area contributed by atoms with Gasteiger partial charge in [-0.2, -0.15) is 0 Å². The van der Waals surface area contributed by atoms with Crippen LogP contribution in [-0.2, 0) is 20.6 Å².